The molecular weight excluding hydrogens is 274 g/mol. The number of nitrogens with zero attached hydrogens (tertiary/aromatic N) is 3. The first-order valence-corrected chi connectivity index (χ1v) is 7.22. The van der Waals surface area contributed by atoms with Crippen molar-refractivity contribution >= 4 is 28.1 Å². The number of nitrogen functional groups attached to an aromatic ring is 1. The van der Waals surface area contributed by atoms with Crippen molar-refractivity contribution in [2.75, 3.05) is 11.1 Å². The summed E-state index contributed by atoms with van der Waals surface area (Å²) in [6.45, 7) is 9.72. The standard InChI is InChI=1S/C13H19N5OS/c1-6(2)18-9(5)10(7(3)17-18)16-12(19)11-8(4)15-13(14)20-11/h6H,1-5H3,(H2,14,15)(H,16,19). The predicted octanol–water partition coefficient (Wildman–Crippen LogP) is 2.68. The number of hydrogen-bond acceptors (Lipinski definition) is 5. The Kier molecular flexibility index (Phi) is 3.80. The van der Waals surface area contributed by atoms with Gasteiger partial charge in [0.2, 0.25) is 0 Å². The zero-order valence-corrected chi connectivity index (χ0v) is 13.1. The van der Waals surface area contributed by atoms with Crippen LogP contribution < -0.4 is 11.1 Å². The number of amides is 1. The molecule has 0 atom stereocenters. The Morgan fingerprint density at radius 1 is 1.30 bits per heavy atom. The van der Waals surface area contributed by atoms with Gasteiger partial charge in [-0.1, -0.05) is 11.3 Å². The number of hydrogen-bond donors (Lipinski definition) is 2. The van der Waals surface area contributed by atoms with E-state index < -0.39 is 0 Å². The van der Waals surface area contributed by atoms with Crippen LogP contribution in [0.3, 0.4) is 0 Å². The zero-order chi connectivity index (χ0) is 15.0. The summed E-state index contributed by atoms with van der Waals surface area (Å²) >= 11 is 1.19. The molecule has 3 N–H and O–H groups in total. The Hall–Kier alpha value is -1.89. The molecule has 0 aliphatic heterocycles. The van der Waals surface area contributed by atoms with Crippen molar-refractivity contribution in [3.05, 3.63) is 22.0 Å². The normalized spacial score (nSPS) is 11.1. The van der Waals surface area contributed by atoms with Gasteiger partial charge in [0.1, 0.15) is 4.88 Å². The van der Waals surface area contributed by atoms with E-state index >= 15 is 0 Å². The second-order valence-corrected chi connectivity index (χ2v) is 6.04. The number of aryl methyl sites for hydroxylation is 2. The van der Waals surface area contributed by atoms with E-state index in [-0.39, 0.29) is 11.9 Å². The molecule has 108 valence electrons. The van der Waals surface area contributed by atoms with Gasteiger partial charge < -0.3 is 11.1 Å². The number of nitrogens with one attached hydrogen (secondary N) is 1. The van der Waals surface area contributed by atoms with E-state index in [1.807, 2.05) is 18.5 Å². The van der Waals surface area contributed by atoms with E-state index in [9.17, 15) is 4.79 Å². The van der Waals surface area contributed by atoms with Crippen LogP contribution >= 0.6 is 11.3 Å². The molecule has 0 saturated carbocycles. The average Bonchev–Trinajstić information content (AvgIpc) is 2.82. The number of aromatic nitrogens is 3. The van der Waals surface area contributed by atoms with Gasteiger partial charge in [-0.3, -0.25) is 9.48 Å². The summed E-state index contributed by atoms with van der Waals surface area (Å²) in [6, 6.07) is 0.250. The van der Waals surface area contributed by atoms with E-state index in [0.29, 0.717) is 15.7 Å². The zero-order valence-electron chi connectivity index (χ0n) is 12.3. The minimum Gasteiger partial charge on any atom is -0.375 e. The summed E-state index contributed by atoms with van der Waals surface area (Å²) in [5, 5.41) is 7.77. The molecular formula is C13H19N5OS. The van der Waals surface area contributed by atoms with Crippen LogP contribution in [0.4, 0.5) is 10.8 Å². The van der Waals surface area contributed by atoms with Crippen molar-refractivity contribution in [1.82, 2.24) is 14.8 Å². The van der Waals surface area contributed by atoms with Crippen LogP contribution in [0.2, 0.25) is 0 Å². The number of carbonyl (C=O) groups is 1. The summed E-state index contributed by atoms with van der Waals surface area (Å²) in [5.41, 5.74) is 8.78. The lowest BCUT2D eigenvalue weighted by Gasteiger charge is -2.09. The number of anilines is 2. The number of nitrogens with two attached hydrogens (primary N) is 1. The summed E-state index contributed by atoms with van der Waals surface area (Å²) in [6.07, 6.45) is 0. The van der Waals surface area contributed by atoms with Gasteiger partial charge in [-0.05, 0) is 34.6 Å². The molecule has 0 fully saturated rings. The van der Waals surface area contributed by atoms with Crippen molar-refractivity contribution in [3.8, 4) is 0 Å². The largest absolute Gasteiger partial charge is 0.375 e. The second kappa shape index (κ2) is 5.24. The fourth-order valence-corrected chi connectivity index (χ4v) is 2.87. The van der Waals surface area contributed by atoms with Gasteiger partial charge in [0.25, 0.3) is 5.91 Å². The molecule has 0 aliphatic rings. The Balaban J connectivity index is 2.31. The first kappa shape index (κ1) is 14.5. The van der Waals surface area contributed by atoms with E-state index in [2.05, 4.69) is 29.2 Å². The van der Waals surface area contributed by atoms with Gasteiger partial charge in [0, 0.05) is 6.04 Å². The lowest BCUT2D eigenvalue weighted by atomic mass is 10.3. The van der Waals surface area contributed by atoms with Crippen molar-refractivity contribution < 1.29 is 4.79 Å². The Labute approximate surface area is 122 Å². The molecule has 7 heteroatoms. The van der Waals surface area contributed by atoms with Gasteiger partial charge in [-0.2, -0.15) is 5.10 Å². The molecule has 0 aliphatic carbocycles. The maximum Gasteiger partial charge on any atom is 0.267 e. The Bertz CT molecular complexity index is 656. The molecule has 2 heterocycles. The molecule has 0 aromatic carbocycles. The fraction of sp³-hybridized carbons (Fsp3) is 0.462. The van der Waals surface area contributed by atoms with E-state index in [0.717, 1.165) is 17.1 Å². The van der Waals surface area contributed by atoms with E-state index in [1.54, 1.807) is 6.92 Å². The smallest absolute Gasteiger partial charge is 0.267 e. The maximum absolute atomic E-state index is 12.3. The molecule has 6 nitrogen and oxygen atoms in total. The van der Waals surface area contributed by atoms with Crippen molar-refractivity contribution in [3.63, 3.8) is 0 Å². The highest BCUT2D eigenvalue weighted by Crippen LogP contribution is 2.25. The van der Waals surface area contributed by atoms with Crippen molar-refractivity contribution in [2.24, 2.45) is 0 Å². The highest BCUT2D eigenvalue weighted by Gasteiger charge is 2.19. The predicted molar refractivity (Wildman–Crippen MR) is 81.3 cm³/mol. The van der Waals surface area contributed by atoms with Crippen LogP contribution in [-0.4, -0.2) is 20.7 Å². The summed E-state index contributed by atoms with van der Waals surface area (Å²) in [5.74, 6) is -0.189. The lowest BCUT2D eigenvalue weighted by Crippen LogP contribution is -2.13. The number of carbonyl (C=O) groups excluding carboxylic acids is 1. The molecule has 0 radical (unpaired) electrons. The third-order valence-electron chi connectivity index (χ3n) is 3.07. The summed E-state index contributed by atoms with van der Waals surface area (Å²) in [4.78, 5) is 16.9. The molecule has 0 saturated heterocycles. The highest BCUT2D eigenvalue weighted by molar-refractivity contribution is 7.17. The average molecular weight is 293 g/mol. The SMILES string of the molecule is Cc1nc(N)sc1C(=O)Nc1c(C)nn(C(C)C)c1C. The summed E-state index contributed by atoms with van der Waals surface area (Å²) < 4.78 is 1.90. The number of rotatable bonds is 3. The molecule has 0 bridgehead atoms. The third kappa shape index (κ3) is 2.53. The molecule has 2 aromatic heterocycles. The minimum atomic E-state index is -0.189. The highest BCUT2D eigenvalue weighted by atomic mass is 32.1. The quantitative estimate of drug-likeness (QED) is 0.911. The van der Waals surface area contributed by atoms with E-state index in [1.165, 1.54) is 11.3 Å². The fourth-order valence-electron chi connectivity index (χ4n) is 2.14. The van der Waals surface area contributed by atoms with Crippen LogP contribution in [0.5, 0.6) is 0 Å². The minimum absolute atomic E-state index is 0.189. The molecule has 2 rings (SSSR count). The second-order valence-electron chi connectivity index (χ2n) is 5.00. The van der Waals surface area contributed by atoms with Crippen molar-refractivity contribution in [1.29, 1.82) is 0 Å². The molecule has 20 heavy (non-hydrogen) atoms. The van der Waals surface area contributed by atoms with Crippen LogP contribution in [0, 0.1) is 20.8 Å². The lowest BCUT2D eigenvalue weighted by molar-refractivity contribution is 0.102. The molecule has 2 aromatic rings. The first-order valence-electron chi connectivity index (χ1n) is 6.41. The monoisotopic (exact) mass is 293 g/mol. The van der Waals surface area contributed by atoms with Gasteiger partial charge in [-0.25, -0.2) is 4.98 Å². The van der Waals surface area contributed by atoms with Crippen LogP contribution in [0.15, 0.2) is 0 Å². The van der Waals surface area contributed by atoms with E-state index in [4.69, 9.17) is 5.73 Å². The maximum atomic E-state index is 12.3. The summed E-state index contributed by atoms with van der Waals surface area (Å²) in [7, 11) is 0. The van der Waals surface area contributed by atoms with Gasteiger partial charge in [0.15, 0.2) is 5.13 Å². The first-order chi connectivity index (χ1) is 9.31. The molecule has 0 spiro atoms. The Morgan fingerprint density at radius 2 is 1.95 bits per heavy atom. The Morgan fingerprint density at radius 3 is 2.40 bits per heavy atom. The van der Waals surface area contributed by atoms with Crippen molar-refractivity contribution in [2.45, 2.75) is 40.7 Å². The number of thiazole rings is 1. The topological polar surface area (TPSA) is 85.8 Å². The molecule has 1 amide bonds. The van der Waals surface area contributed by atoms with Crippen LogP contribution in [0.1, 0.15) is 46.6 Å². The van der Waals surface area contributed by atoms with Gasteiger partial charge in [0.05, 0.1) is 22.8 Å². The van der Waals surface area contributed by atoms with Gasteiger partial charge >= 0.3 is 0 Å². The van der Waals surface area contributed by atoms with Gasteiger partial charge in [-0.15, -0.1) is 0 Å². The third-order valence-corrected chi connectivity index (χ3v) is 4.06. The van der Waals surface area contributed by atoms with Crippen LogP contribution in [-0.2, 0) is 0 Å². The molecule has 0 unspecified atom stereocenters. The van der Waals surface area contributed by atoms with Crippen LogP contribution in [0.25, 0.3) is 0 Å².